The van der Waals surface area contributed by atoms with Crippen molar-refractivity contribution >= 4 is 35.7 Å². The fourth-order valence-electron chi connectivity index (χ4n) is 14.3. The number of nitrogens with zero attached hydrogens (tertiary/aromatic N) is 2. The molecule has 2 aromatic carbocycles. The topological polar surface area (TPSA) is 25.3 Å². The van der Waals surface area contributed by atoms with E-state index in [1.165, 1.54) is 387 Å². The molecule has 534 valence electrons. The first-order valence-electron chi connectivity index (χ1n) is 42.4. The molecule has 2 nitrogen and oxygen atoms in total. The van der Waals surface area contributed by atoms with E-state index in [2.05, 4.69) is 126 Å². The van der Waals surface area contributed by atoms with Crippen molar-refractivity contribution in [3.05, 3.63) is 111 Å². The van der Waals surface area contributed by atoms with Crippen LogP contribution in [0.4, 0.5) is 0 Å². The lowest BCUT2D eigenvalue weighted by Gasteiger charge is -2.12. The van der Waals surface area contributed by atoms with Gasteiger partial charge < -0.3 is 5.53 Å². The third-order valence-electron chi connectivity index (χ3n) is 20.5. The largest absolute Gasteiger partial charge is 0.493 e. The van der Waals surface area contributed by atoms with Crippen LogP contribution < -0.4 is 0 Å². The predicted octanol–water partition coefficient (Wildman–Crippen LogP) is 33.2. The Morgan fingerprint density at radius 1 is 0.245 bits per heavy atom. The van der Waals surface area contributed by atoms with Crippen LogP contribution >= 0.6 is 0 Å². The van der Waals surface area contributed by atoms with E-state index in [4.69, 9.17) is 0 Å². The van der Waals surface area contributed by atoms with Crippen molar-refractivity contribution in [2.75, 3.05) is 0 Å². The molecule has 0 aromatic heterocycles. The van der Waals surface area contributed by atoms with Crippen LogP contribution in [0.25, 0.3) is 41.2 Å². The van der Waals surface area contributed by atoms with E-state index in [0.717, 1.165) is 67.5 Å². The van der Waals surface area contributed by atoms with Crippen molar-refractivity contribution in [2.24, 2.45) is 0 Å². The molecule has 3 rings (SSSR count). The zero-order chi connectivity index (χ0) is 66.9. The second-order valence-electron chi connectivity index (χ2n) is 29.7. The van der Waals surface area contributed by atoms with Gasteiger partial charge in [0, 0.05) is 22.8 Å². The van der Waals surface area contributed by atoms with Crippen molar-refractivity contribution < 1.29 is 4.70 Å². The van der Waals surface area contributed by atoms with Gasteiger partial charge >= 0.3 is 0 Å². The predicted molar refractivity (Wildman–Crippen MR) is 427 cm³/mol. The Morgan fingerprint density at radius 3 is 0.670 bits per heavy atom. The monoisotopic (exact) mass is 1290 g/mol. The summed E-state index contributed by atoms with van der Waals surface area (Å²) in [7, 11) is 0. The summed E-state index contributed by atoms with van der Waals surface area (Å²) in [4.78, 5) is 0. The van der Waals surface area contributed by atoms with Crippen LogP contribution in [-0.4, -0.2) is 4.70 Å². The van der Waals surface area contributed by atoms with Gasteiger partial charge in [-0.05, 0) is 123 Å². The zero-order valence-corrected chi connectivity index (χ0v) is 63.6. The molecule has 2 heteroatoms. The summed E-state index contributed by atoms with van der Waals surface area (Å²) in [5.74, 6) is 0. The Labute approximate surface area is 587 Å². The standard InChI is InChI=1S/C92H156N2/c1-6-11-16-20-24-28-32-36-40-44-48-52-56-60-64-68-72-84-77-85(73-69-65-61-57-53-49-45-41-37-33-29-25-21-17-12-7-2)80-89(79-84)91-83-88(76-15-10-5)92(94(91)93)90-81-86(74-70-66-62-58-54-50-46-42-38-34-30-26-22-18-13-8-3)78-87(82-90)75-71-67-63-59-55-51-47-43-39-35-31-27-23-19-14-9-4/h68-75,77-83H,6-67,76H2,1-5H3. The highest BCUT2D eigenvalue weighted by atomic mass is 15.2. The average molecular weight is 1290 g/mol. The van der Waals surface area contributed by atoms with E-state index < -0.39 is 0 Å². The van der Waals surface area contributed by atoms with Gasteiger partial charge in [0.2, 0.25) is 11.4 Å². The molecule has 0 fully saturated rings. The first-order chi connectivity index (χ1) is 46.5. The maximum absolute atomic E-state index is 12.7. The second kappa shape index (κ2) is 64.2. The summed E-state index contributed by atoms with van der Waals surface area (Å²) in [5.41, 5.74) is 23.0. The molecule has 0 spiro atoms. The number of hydrogen-bond donors (Lipinski definition) is 0. The third kappa shape index (κ3) is 46.6. The molecular formula is C92H156N2. The lowest BCUT2D eigenvalue weighted by molar-refractivity contribution is -0.344. The van der Waals surface area contributed by atoms with Gasteiger partial charge in [0.25, 0.3) is 0 Å². The molecule has 0 radical (unpaired) electrons. The second-order valence-corrected chi connectivity index (χ2v) is 29.7. The molecule has 0 N–H and O–H groups in total. The smallest absolute Gasteiger partial charge is 0.210 e. The molecule has 0 aliphatic carbocycles. The summed E-state index contributed by atoms with van der Waals surface area (Å²) in [6.45, 7) is 11.6. The molecule has 0 saturated heterocycles. The van der Waals surface area contributed by atoms with Gasteiger partial charge in [-0.25, -0.2) is 4.70 Å². The highest BCUT2D eigenvalue weighted by Crippen LogP contribution is 2.39. The van der Waals surface area contributed by atoms with E-state index in [9.17, 15) is 5.53 Å². The maximum Gasteiger partial charge on any atom is 0.210 e. The Morgan fingerprint density at radius 2 is 0.447 bits per heavy atom. The van der Waals surface area contributed by atoms with Gasteiger partial charge in [0.15, 0.2) is 0 Å². The summed E-state index contributed by atoms with van der Waals surface area (Å²) < 4.78 is 1.57. The molecule has 1 heterocycles. The highest BCUT2D eigenvalue weighted by Gasteiger charge is 2.29. The van der Waals surface area contributed by atoms with Crippen LogP contribution in [0.3, 0.4) is 0 Å². The molecule has 1 aliphatic rings. The summed E-state index contributed by atoms with van der Waals surface area (Å²) >= 11 is 0. The number of unbranched alkanes of at least 4 members (excludes halogenated alkanes) is 57. The van der Waals surface area contributed by atoms with E-state index in [1.54, 1.807) is 4.70 Å². The van der Waals surface area contributed by atoms with E-state index in [-0.39, 0.29) is 0 Å². The fraction of sp³-hybridized carbons (Fsp3) is 0.739. The van der Waals surface area contributed by atoms with E-state index >= 15 is 0 Å². The van der Waals surface area contributed by atoms with Gasteiger partial charge in [-0.15, -0.1) is 0 Å². The molecule has 0 unspecified atom stereocenters. The van der Waals surface area contributed by atoms with Gasteiger partial charge in [0.05, 0.1) is 0 Å². The van der Waals surface area contributed by atoms with Crippen molar-refractivity contribution in [3.63, 3.8) is 0 Å². The minimum Gasteiger partial charge on any atom is -0.493 e. The first-order valence-corrected chi connectivity index (χ1v) is 42.4. The normalized spacial score (nSPS) is 12.9. The van der Waals surface area contributed by atoms with E-state index in [0.29, 0.717) is 0 Å². The fourth-order valence-corrected chi connectivity index (χ4v) is 14.3. The van der Waals surface area contributed by atoms with Crippen LogP contribution in [-0.2, 0) is 0 Å². The van der Waals surface area contributed by atoms with Crippen LogP contribution in [0.1, 0.15) is 473 Å². The van der Waals surface area contributed by atoms with Gasteiger partial charge in [-0.2, -0.15) is 0 Å². The maximum atomic E-state index is 12.7. The Bertz CT molecular complexity index is 2120. The molecule has 0 bridgehead atoms. The summed E-state index contributed by atoms with van der Waals surface area (Å²) in [5, 5.41) is 0. The summed E-state index contributed by atoms with van der Waals surface area (Å²) in [6.07, 6.45) is 107. The van der Waals surface area contributed by atoms with Crippen molar-refractivity contribution in [1.29, 1.82) is 0 Å². The minimum atomic E-state index is 0.901. The lowest BCUT2D eigenvalue weighted by Crippen LogP contribution is -2.03. The van der Waals surface area contributed by atoms with E-state index in [1.807, 2.05) is 0 Å². The van der Waals surface area contributed by atoms with Gasteiger partial charge in [-0.3, -0.25) is 0 Å². The average Bonchev–Trinajstić information content (AvgIpc) is 1.61. The molecule has 1 aliphatic heterocycles. The van der Waals surface area contributed by atoms with Gasteiger partial charge in [-0.1, -0.05) is 424 Å². The molecule has 0 saturated carbocycles. The lowest BCUT2D eigenvalue weighted by atomic mass is 9.98. The molecule has 0 amide bonds. The number of hydrogen-bond acceptors (Lipinski definition) is 0. The molecule has 94 heavy (non-hydrogen) atoms. The Hall–Kier alpha value is -3.52. The van der Waals surface area contributed by atoms with Crippen LogP contribution in [0.5, 0.6) is 0 Å². The molecule has 2 aromatic rings. The SMILES string of the molecule is CCCCCCCCCCCCCCCCC=Cc1cc(C=CCCCCCCCCCCCCCCCC)cc(C2=CC(CCCC)=C(c3cc(C=CCCCCCCCCCCCCCCCC)cc(C=CCCCCCCCCCCCCCCCC)c3)[N+]2=[N-])c1. The zero-order valence-electron chi connectivity index (χ0n) is 63.6. The Balaban J connectivity index is 1.73. The Kier molecular flexibility index (Phi) is 57.8. The number of benzene rings is 2. The van der Waals surface area contributed by atoms with Crippen LogP contribution in [0.15, 0.2) is 72.4 Å². The summed E-state index contributed by atoms with van der Waals surface area (Å²) in [6, 6.07) is 14.2. The number of allylic oxidation sites excluding steroid dienone is 6. The van der Waals surface area contributed by atoms with Crippen LogP contribution in [0, 0.1) is 0 Å². The molecule has 0 atom stereocenters. The van der Waals surface area contributed by atoms with Crippen LogP contribution in [0.2, 0.25) is 0 Å². The first kappa shape index (κ1) is 84.7. The quantitative estimate of drug-likeness (QED) is 0.0466. The highest BCUT2D eigenvalue weighted by molar-refractivity contribution is 5.81. The van der Waals surface area contributed by atoms with Crippen molar-refractivity contribution in [2.45, 2.75) is 439 Å². The minimum absolute atomic E-state index is 0.901. The van der Waals surface area contributed by atoms with Crippen molar-refractivity contribution in [1.82, 2.24) is 0 Å². The molecular weight excluding hydrogens is 1130 g/mol. The third-order valence-corrected chi connectivity index (χ3v) is 20.5. The number of rotatable bonds is 69. The van der Waals surface area contributed by atoms with Crippen molar-refractivity contribution in [3.8, 4) is 0 Å². The van der Waals surface area contributed by atoms with Gasteiger partial charge in [0.1, 0.15) is 0 Å².